The molecule has 0 amide bonds. The normalized spacial score (nSPS) is 15.4. The largest absolute Gasteiger partial charge is 0.433 e. The van der Waals surface area contributed by atoms with Crippen LogP contribution in [-0.2, 0) is 6.18 Å². The molecule has 0 saturated heterocycles. The van der Waals surface area contributed by atoms with Crippen molar-refractivity contribution in [3.05, 3.63) is 47.9 Å². The molecule has 1 aromatic heterocycles. The third kappa shape index (κ3) is 3.07. The van der Waals surface area contributed by atoms with E-state index in [1.807, 2.05) is 31.1 Å². The van der Waals surface area contributed by atoms with Gasteiger partial charge < -0.3 is 9.80 Å². The van der Waals surface area contributed by atoms with Crippen LogP contribution < -0.4 is 4.90 Å². The molecule has 0 radical (unpaired) electrons. The second-order valence-electron chi connectivity index (χ2n) is 4.37. The van der Waals surface area contributed by atoms with Gasteiger partial charge in [-0.05, 0) is 24.3 Å². The van der Waals surface area contributed by atoms with Gasteiger partial charge in [0.25, 0.3) is 0 Å². The standard InChI is InChI=1S/C13H14F3N3/c1-18(2)10-6-8-19(9-7-10)12-5-3-4-11(17-12)13(14,15)16/h3-8H,9H2,1-2H3. The lowest BCUT2D eigenvalue weighted by Gasteiger charge is -2.25. The molecule has 0 unspecified atom stereocenters. The maximum absolute atomic E-state index is 12.6. The number of rotatable bonds is 2. The van der Waals surface area contributed by atoms with E-state index < -0.39 is 11.9 Å². The Kier molecular flexibility index (Phi) is 3.50. The van der Waals surface area contributed by atoms with Gasteiger partial charge in [-0.2, -0.15) is 13.2 Å². The van der Waals surface area contributed by atoms with E-state index >= 15 is 0 Å². The van der Waals surface area contributed by atoms with Crippen LogP contribution in [-0.4, -0.2) is 30.5 Å². The van der Waals surface area contributed by atoms with Crippen LogP contribution in [0.4, 0.5) is 19.0 Å². The summed E-state index contributed by atoms with van der Waals surface area (Å²) < 4.78 is 37.8. The number of hydrogen-bond acceptors (Lipinski definition) is 3. The first-order valence-corrected chi connectivity index (χ1v) is 5.74. The molecule has 1 aliphatic heterocycles. The number of anilines is 1. The number of likely N-dealkylation sites (N-methyl/N-ethyl adjacent to an activating group) is 1. The number of aromatic nitrogens is 1. The predicted molar refractivity (Wildman–Crippen MR) is 67.5 cm³/mol. The summed E-state index contributed by atoms with van der Waals surface area (Å²) in [4.78, 5) is 7.25. The van der Waals surface area contributed by atoms with Crippen molar-refractivity contribution in [1.82, 2.24) is 9.88 Å². The minimum atomic E-state index is -4.42. The van der Waals surface area contributed by atoms with Gasteiger partial charge in [0, 0.05) is 32.5 Å². The quantitative estimate of drug-likeness (QED) is 0.823. The van der Waals surface area contributed by atoms with Crippen molar-refractivity contribution < 1.29 is 13.2 Å². The molecule has 2 heterocycles. The van der Waals surface area contributed by atoms with Crippen LogP contribution in [0.15, 0.2) is 42.2 Å². The highest BCUT2D eigenvalue weighted by atomic mass is 19.4. The van der Waals surface area contributed by atoms with Gasteiger partial charge in [-0.3, -0.25) is 0 Å². The van der Waals surface area contributed by atoms with Crippen LogP contribution in [0.25, 0.3) is 0 Å². The molecule has 1 aromatic rings. The molecule has 0 atom stereocenters. The zero-order chi connectivity index (χ0) is 14.0. The highest BCUT2D eigenvalue weighted by Gasteiger charge is 2.32. The summed E-state index contributed by atoms with van der Waals surface area (Å²) in [7, 11) is 3.82. The Morgan fingerprint density at radius 2 is 2.00 bits per heavy atom. The molecule has 2 rings (SSSR count). The van der Waals surface area contributed by atoms with E-state index in [2.05, 4.69) is 4.98 Å². The van der Waals surface area contributed by atoms with Crippen molar-refractivity contribution in [1.29, 1.82) is 0 Å². The van der Waals surface area contributed by atoms with E-state index in [0.29, 0.717) is 12.4 Å². The highest BCUT2D eigenvalue weighted by Crippen LogP contribution is 2.29. The first-order chi connectivity index (χ1) is 8.88. The smallest absolute Gasteiger partial charge is 0.378 e. The fourth-order valence-electron chi connectivity index (χ4n) is 1.73. The van der Waals surface area contributed by atoms with E-state index in [1.165, 1.54) is 6.07 Å². The topological polar surface area (TPSA) is 19.4 Å². The minimum Gasteiger partial charge on any atom is -0.378 e. The lowest BCUT2D eigenvalue weighted by Crippen LogP contribution is -2.24. The summed E-state index contributed by atoms with van der Waals surface area (Å²) in [5.41, 5.74) is 0.143. The molecular weight excluding hydrogens is 255 g/mol. The molecule has 0 fully saturated rings. The highest BCUT2D eigenvalue weighted by molar-refractivity contribution is 5.47. The van der Waals surface area contributed by atoms with Crippen molar-refractivity contribution >= 4 is 5.82 Å². The maximum atomic E-state index is 12.6. The monoisotopic (exact) mass is 269 g/mol. The minimum absolute atomic E-state index is 0.292. The van der Waals surface area contributed by atoms with Gasteiger partial charge in [-0.15, -0.1) is 0 Å². The Hall–Kier alpha value is -1.98. The summed E-state index contributed by atoms with van der Waals surface area (Å²) >= 11 is 0. The third-order valence-electron chi connectivity index (χ3n) is 2.76. The van der Waals surface area contributed by atoms with E-state index in [4.69, 9.17) is 0 Å². The zero-order valence-electron chi connectivity index (χ0n) is 10.6. The van der Waals surface area contributed by atoms with E-state index in [9.17, 15) is 13.2 Å². The SMILES string of the molecule is CN(C)C1=CCN(c2cccc(C(F)(F)F)n2)C=C1. The predicted octanol–water partition coefficient (Wildman–Crippen LogP) is 2.88. The molecular formula is C13H14F3N3. The Morgan fingerprint density at radius 1 is 1.26 bits per heavy atom. The van der Waals surface area contributed by atoms with Crippen LogP contribution in [0.5, 0.6) is 0 Å². The molecule has 19 heavy (non-hydrogen) atoms. The fourth-order valence-corrected chi connectivity index (χ4v) is 1.73. The average molecular weight is 269 g/mol. The summed E-state index contributed by atoms with van der Waals surface area (Å²) in [5, 5.41) is 0. The molecule has 0 N–H and O–H groups in total. The van der Waals surface area contributed by atoms with Crippen LogP contribution in [0.3, 0.4) is 0 Å². The van der Waals surface area contributed by atoms with Gasteiger partial charge in [-0.1, -0.05) is 6.07 Å². The second-order valence-corrected chi connectivity index (χ2v) is 4.37. The van der Waals surface area contributed by atoms with E-state index in [1.54, 1.807) is 17.2 Å². The summed E-state index contributed by atoms with van der Waals surface area (Å²) in [6.45, 7) is 0.498. The number of hydrogen-bond donors (Lipinski definition) is 0. The number of alkyl halides is 3. The van der Waals surface area contributed by atoms with Gasteiger partial charge in [0.2, 0.25) is 0 Å². The lowest BCUT2D eigenvalue weighted by molar-refractivity contribution is -0.141. The number of nitrogens with zero attached hydrogens (tertiary/aromatic N) is 3. The van der Waals surface area contributed by atoms with Gasteiger partial charge in [0.1, 0.15) is 11.5 Å². The number of allylic oxidation sites excluding steroid dienone is 1. The van der Waals surface area contributed by atoms with Gasteiger partial charge >= 0.3 is 6.18 Å². The number of halogens is 3. The van der Waals surface area contributed by atoms with E-state index in [-0.39, 0.29) is 0 Å². The van der Waals surface area contributed by atoms with Gasteiger partial charge in [0.05, 0.1) is 0 Å². The Balaban J connectivity index is 2.20. The number of pyridine rings is 1. The van der Waals surface area contributed by atoms with Crippen LogP contribution >= 0.6 is 0 Å². The Bertz CT molecular complexity index is 518. The van der Waals surface area contributed by atoms with Gasteiger partial charge in [0.15, 0.2) is 0 Å². The molecule has 0 spiro atoms. The molecule has 0 bridgehead atoms. The van der Waals surface area contributed by atoms with Crippen LogP contribution in [0.1, 0.15) is 5.69 Å². The summed E-state index contributed by atoms with van der Waals surface area (Å²) in [5.74, 6) is 0.292. The third-order valence-corrected chi connectivity index (χ3v) is 2.76. The molecule has 102 valence electrons. The maximum Gasteiger partial charge on any atom is 0.433 e. The van der Waals surface area contributed by atoms with Gasteiger partial charge in [-0.25, -0.2) is 4.98 Å². The fraction of sp³-hybridized carbons (Fsp3) is 0.308. The lowest BCUT2D eigenvalue weighted by atomic mass is 10.2. The van der Waals surface area contributed by atoms with Crippen molar-refractivity contribution in [2.45, 2.75) is 6.18 Å². The molecule has 6 heteroatoms. The first kappa shape index (κ1) is 13.5. The molecule has 0 aliphatic carbocycles. The first-order valence-electron chi connectivity index (χ1n) is 5.74. The molecule has 1 aliphatic rings. The van der Waals surface area contributed by atoms with Crippen molar-refractivity contribution in [3.63, 3.8) is 0 Å². The van der Waals surface area contributed by atoms with E-state index in [0.717, 1.165) is 11.8 Å². The zero-order valence-corrected chi connectivity index (χ0v) is 10.6. The van der Waals surface area contributed by atoms with Crippen molar-refractivity contribution in [2.75, 3.05) is 25.5 Å². The molecule has 0 aromatic carbocycles. The summed E-state index contributed by atoms with van der Waals surface area (Å²) in [6, 6.07) is 3.90. The van der Waals surface area contributed by atoms with Crippen molar-refractivity contribution in [2.24, 2.45) is 0 Å². The van der Waals surface area contributed by atoms with Crippen LogP contribution in [0.2, 0.25) is 0 Å². The average Bonchev–Trinajstić information content (AvgIpc) is 2.38. The Labute approximate surface area is 109 Å². The Morgan fingerprint density at radius 3 is 2.53 bits per heavy atom. The van der Waals surface area contributed by atoms with Crippen LogP contribution in [0, 0.1) is 0 Å². The van der Waals surface area contributed by atoms with Crippen molar-refractivity contribution in [3.8, 4) is 0 Å². The molecule has 0 saturated carbocycles. The molecule has 3 nitrogen and oxygen atoms in total. The summed E-state index contributed by atoms with van der Waals surface area (Å²) in [6.07, 6.45) is 1.09. The second kappa shape index (κ2) is 4.95.